The Balaban J connectivity index is 1.36. The standard InChI is InChI=1S/C29H41N4O7P/c1-3-39-41(36,37)28(30)40-26(34)20-29(13-5-4-6-14-29)15-18-32-16-11-23(12-17-32)33(25-10-9-22(2)21-31-25)27(35)24-8-7-19-38-24/h7-10,19,21,23,30H,3-6,11-18,20H2,1-2H3,(H,36,37). The van der Waals surface area contributed by atoms with Crippen molar-refractivity contribution in [1.29, 1.82) is 5.41 Å². The van der Waals surface area contributed by atoms with Gasteiger partial charge in [-0.3, -0.25) is 19.9 Å². The molecule has 2 aromatic heterocycles. The van der Waals surface area contributed by atoms with E-state index in [9.17, 15) is 19.0 Å². The fraction of sp³-hybridized carbons (Fsp3) is 0.586. The van der Waals surface area contributed by atoms with Crippen LogP contribution in [0.25, 0.3) is 0 Å². The van der Waals surface area contributed by atoms with Gasteiger partial charge in [-0.15, -0.1) is 0 Å². The lowest BCUT2D eigenvalue weighted by Crippen LogP contribution is -2.48. The first-order chi connectivity index (χ1) is 19.6. The molecule has 0 bridgehead atoms. The summed E-state index contributed by atoms with van der Waals surface area (Å²) in [7, 11) is -4.42. The zero-order chi connectivity index (χ0) is 29.5. The van der Waals surface area contributed by atoms with Gasteiger partial charge in [0.25, 0.3) is 5.91 Å². The molecule has 2 aromatic rings. The van der Waals surface area contributed by atoms with Crippen LogP contribution in [0.1, 0.15) is 80.8 Å². The minimum Gasteiger partial charge on any atom is -0.459 e. The summed E-state index contributed by atoms with van der Waals surface area (Å²) in [5, 5.41) is 7.74. The molecule has 4 rings (SSSR count). The molecular weight excluding hydrogens is 547 g/mol. The van der Waals surface area contributed by atoms with Crippen LogP contribution in [-0.4, -0.2) is 64.6 Å². The first-order valence-electron chi connectivity index (χ1n) is 14.4. The highest BCUT2D eigenvalue weighted by molar-refractivity contribution is 7.70. The summed E-state index contributed by atoms with van der Waals surface area (Å²) in [5.41, 5.74) is -0.273. The Kier molecular flexibility index (Phi) is 10.5. The summed E-state index contributed by atoms with van der Waals surface area (Å²) in [4.78, 5) is 44.6. The van der Waals surface area contributed by atoms with Crippen LogP contribution in [0.5, 0.6) is 0 Å². The summed E-state index contributed by atoms with van der Waals surface area (Å²) in [6, 6.07) is 7.18. The van der Waals surface area contributed by atoms with E-state index in [0.717, 1.165) is 76.6 Å². The summed E-state index contributed by atoms with van der Waals surface area (Å²) in [5.74, 6) is 0.0272. The molecule has 224 valence electrons. The number of nitrogens with one attached hydrogen (secondary N) is 1. The zero-order valence-corrected chi connectivity index (χ0v) is 24.8. The second-order valence-electron chi connectivity index (χ2n) is 11.1. The van der Waals surface area contributed by atoms with E-state index in [-0.39, 0.29) is 36.2 Å². The van der Waals surface area contributed by atoms with Crippen LogP contribution in [0.2, 0.25) is 0 Å². The van der Waals surface area contributed by atoms with Crippen LogP contribution in [-0.2, 0) is 18.6 Å². The van der Waals surface area contributed by atoms with Crippen LogP contribution in [0.4, 0.5) is 5.82 Å². The van der Waals surface area contributed by atoms with Gasteiger partial charge in [-0.2, -0.15) is 0 Å². The summed E-state index contributed by atoms with van der Waals surface area (Å²) >= 11 is 0. The fourth-order valence-corrected chi connectivity index (χ4v) is 6.62. The number of hydrogen-bond donors (Lipinski definition) is 2. The second kappa shape index (κ2) is 13.9. The van der Waals surface area contributed by atoms with Crippen LogP contribution < -0.4 is 4.90 Å². The van der Waals surface area contributed by atoms with Crippen molar-refractivity contribution in [3.63, 3.8) is 0 Å². The number of pyridine rings is 1. The Hall–Kier alpha value is -2.85. The van der Waals surface area contributed by atoms with Gasteiger partial charge >= 0.3 is 19.2 Å². The van der Waals surface area contributed by atoms with Gasteiger partial charge in [0.15, 0.2) is 5.76 Å². The van der Waals surface area contributed by atoms with E-state index in [4.69, 9.17) is 19.1 Å². The first-order valence-corrected chi connectivity index (χ1v) is 16.0. The Morgan fingerprint density at radius 3 is 2.56 bits per heavy atom. The van der Waals surface area contributed by atoms with Crippen molar-refractivity contribution in [2.45, 2.75) is 77.7 Å². The summed E-state index contributed by atoms with van der Waals surface area (Å²) in [6.07, 6.45) is 10.6. The van der Waals surface area contributed by atoms with E-state index in [2.05, 4.69) is 9.88 Å². The van der Waals surface area contributed by atoms with Crippen LogP contribution in [0.3, 0.4) is 0 Å². The van der Waals surface area contributed by atoms with Crippen LogP contribution >= 0.6 is 7.60 Å². The molecule has 2 fully saturated rings. The van der Waals surface area contributed by atoms with Gasteiger partial charge in [0.2, 0.25) is 0 Å². The SMILES string of the molecule is CCOP(=O)(O)C(=N)OC(=O)CC1(CCN2CCC(N(C(=O)c3ccco3)c3ccc(C)cn3)CC2)CCCCC1. The third-order valence-electron chi connectivity index (χ3n) is 8.18. The molecule has 1 atom stereocenters. The molecule has 11 nitrogen and oxygen atoms in total. The number of anilines is 1. The lowest BCUT2D eigenvalue weighted by molar-refractivity contribution is -0.139. The van der Waals surface area contributed by atoms with Gasteiger partial charge in [-0.1, -0.05) is 25.3 Å². The maximum Gasteiger partial charge on any atom is 0.412 e. The number of rotatable bonds is 11. The number of carbonyl (C=O) groups is 2. The minimum atomic E-state index is -4.42. The highest BCUT2D eigenvalue weighted by Crippen LogP contribution is 2.45. The number of esters is 1. The van der Waals surface area contributed by atoms with Gasteiger partial charge in [-0.05, 0) is 81.7 Å². The van der Waals surface area contributed by atoms with Crippen LogP contribution in [0.15, 0.2) is 41.1 Å². The average molecular weight is 589 g/mol. The molecule has 0 aromatic carbocycles. The van der Waals surface area contributed by atoms with Crippen molar-refractivity contribution >= 4 is 30.9 Å². The van der Waals surface area contributed by atoms with E-state index in [1.807, 2.05) is 19.1 Å². The number of hydrogen-bond acceptors (Lipinski definition) is 9. The largest absolute Gasteiger partial charge is 0.459 e. The normalized spacial score (nSPS) is 19.3. The molecule has 0 radical (unpaired) electrons. The predicted molar refractivity (Wildman–Crippen MR) is 154 cm³/mol. The van der Waals surface area contributed by atoms with Gasteiger partial charge in [-0.25, -0.2) is 9.55 Å². The number of likely N-dealkylation sites (tertiary alicyclic amines) is 1. The van der Waals surface area contributed by atoms with Crippen molar-refractivity contribution in [2.75, 3.05) is 31.1 Å². The molecule has 1 amide bonds. The molecule has 1 saturated heterocycles. The molecule has 2 aliphatic rings. The molecule has 0 spiro atoms. The van der Waals surface area contributed by atoms with E-state index in [1.54, 1.807) is 23.2 Å². The molecule has 1 unspecified atom stereocenters. The lowest BCUT2D eigenvalue weighted by atomic mass is 9.69. The van der Waals surface area contributed by atoms with Crippen molar-refractivity contribution in [2.24, 2.45) is 5.41 Å². The van der Waals surface area contributed by atoms with Crippen molar-refractivity contribution in [3.05, 3.63) is 48.0 Å². The fourth-order valence-electron chi connectivity index (χ4n) is 5.93. The van der Waals surface area contributed by atoms with Gasteiger partial charge in [0.1, 0.15) is 5.82 Å². The maximum absolute atomic E-state index is 13.4. The molecule has 41 heavy (non-hydrogen) atoms. The van der Waals surface area contributed by atoms with E-state index in [0.29, 0.717) is 5.82 Å². The average Bonchev–Trinajstić information content (AvgIpc) is 3.49. The number of aryl methyl sites for hydroxylation is 1. The van der Waals surface area contributed by atoms with Crippen molar-refractivity contribution in [1.82, 2.24) is 9.88 Å². The summed E-state index contributed by atoms with van der Waals surface area (Å²) in [6.45, 7) is 5.82. The molecule has 1 aliphatic heterocycles. The molecule has 1 aliphatic carbocycles. The van der Waals surface area contributed by atoms with Crippen molar-refractivity contribution in [3.8, 4) is 0 Å². The number of aromatic nitrogens is 1. The van der Waals surface area contributed by atoms with Gasteiger partial charge in [0, 0.05) is 25.3 Å². The Labute approximate surface area is 241 Å². The Bertz CT molecular complexity index is 1220. The monoisotopic (exact) mass is 588 g/mol. The number of ether oxygens (including phenoxy) is 1. The smallest absolute Gasteiger partial charge is 0.412 e. The number of piperidine rings is 1. The number of carbonyl (C=O) groups excluding carboxylic acids is 2. The second-order valence-corrected chi connectivity index (χ2v) is 12.8. The van der Waals surface area contributed by atoms with Gasteiger partial charge < -0.3 is 23.5 Å². The first kappa shape index (κ1) is 31.1. The third-order valence-corrected chi connectivity index (χ3v) is 9.39. The zero-order valence-electron chi connectivity index (χ0n) is 23.9. The quantitative estimate of drug-likeness (QED) is 0.150. The molecule has 3 heterocycles. The maximum atomic E-state index is 13.4. The van der Waals surface area contributed by atoms with E-state index in [1.165, 1.54) is 13.2 Å². The summed E-state index contributed by atoms with van der Waals surface area (Å²) < 4.78 is 27.1. The third kappa shape index (κ3) is 8.13. The molecule has 1 saturated carbocycles. The molecule has 12 heteroatoms. The number of furan rings is 1. The molecule has 2 N–H and O–H groups in total. The van der Waals surface area contributed by atoms with E-state index >= 15 is 0 Å². The number of nitrogens with zero attached hydrogens (tertiary/aromatic N) is 3. The van der Waals surface area contributed by atoms with E-state index < -0.39 is 19.2 Å². The minimum absolute atomic E-state index is 0.0248. The Morgan fingerprint density at radius 2 is 1.95 bits per heavy atom. The van der Waals surface area contributed by atoms with Crippen LogP contribution in [0, 0.1) is 17.7 Å². The molecular formula is C29H41N4O7P. The number of amides is 1. The highest BCUT2D eigenvalue weighted by atomic mass is 31.2. The van der Waals surface area contributed by atoms with Gasteiger partial charge in [0.05, 0.1) is 19.3 Å². The van der Waals surface area contributed by atoms with Crippen molar-refractivity contribution < 1.29 is 32.7 Å². The topological polar surface area (TPSA) is 146 Å². The highest BCUT2D eigenvalue weighted by Gasteiger charge is 2.38. The lowest BCUT2D eigenvalue weighted by Gasteiger charge is -2.41. The Morgan fingerprint density at radius 1 is 1.22 bits per heavy atom. The predicted octanol–water partition coefficient (Wildman–Crippen LogP) is 5.52.